The van der Waals surface area contributed by atoms with Gasteiger partial charge in [0, 0.05) is 19.2 Å². The van der Waals surface area contributed by atoms with Crippen molar-refractivity contribution in [3.8, 4) is 0 Å². The molecule has 0 saturated carbocycles. The Hall–Kier alpha value is -2.63. The third-order valence-corrected chi connectivity index (χ3v) is 4.57. The molecule has 6 heteroatoms. The average Bonchev–Trinajstić information content (AvgIpc) is 3.11. The summed E-state index contributed by atoms with van der Waals surface area (Å²) >= 11 is 0. The first-order valence-electron chi connectivity index (χ1n) is 8.71. The SMILES string of the molecule is Cc1ccc(C(C)NC(=O)Cn2ncc(N3CCCC3)cc2=O)cc1. The van der Waals surface area contributed by atoms with Gasteiger partial charge in [0.05, 0.1) is 17.9 Å². The van der Waals surface area contributed by atoms with Crippen LogP contribution in [-0.4, -0.2) is 28.8 Å². The first-order chi connectivity index (χ1) is 12.0. The van der Waals surface area contributed by atoms with E-state index in [2.05, 4.69) is 15.3 Å². The Bertz CT molecular complexity index is 792. The van der Waals surface area contributed by atoms with Crippen LogP contribution in [0.1, 0.15) is 36.9 Å². The van der Waals surface area contributed by atoms with Crippen molar-refractivity contribution in [3.63, 3.8) is 0 Å². The zero-order valence-electron chi connectivity index (χ0n) is 14.7. The highest BCUT2D eigenvalue weighted by Crippen LogP contribution is 2.17. The van der Waals surface area contributed by atoms with Crippen LogP contribution in [-0.2, 0) is 11.3 Å². The molecule has 1 aliphatic rings. The number of aryl methyl sites for hydroxylation is 1. The minimum Gasteiger partial charge on any atom is -0.370 e. The molecule has 2 aromatic rings. The van der Waals surface area contributed by atoms with E-state index in [-0.39, 0.29) is 24.1 Å². The Morgan fingerprint density at radius 3 is 2.56 bits per heavy atom. The molecule has 1 saturated heterocycles. The number of carbonyl (C=O) groups excluding carboxylic acids is 1. The Kier molecular flexibility index (Phi) is 5.16. The Morgan fingerprint density at radius 1 is 1.24 bits per heavy atom. The molecule has 1 N–H and O–H groups in total. The second kappa shape index (κ2) is 7.51. The first kappa shape index (κ1) is 17.2. The van der Waals surface area contributed by atoms with Crippen molar-refractivity contribution in [2.45, 2.75) is 39.3 Å². The third-order valence-electron chi connectivity index (χ3n) is 4.57. The minimum absolute atomic E-state index is 0.0741. The highest BCUT2D eigenvalue weighted by Gasteiger charge is 2.15. The third kappa shape index (κ3) is 4.26. The maximum absolute atomic E-state index is 12.2. The number of anilines is 1. The zero-order chi connectivity index (χ0) is 17.8. The van der Waals surface area contributed by atoms with E-state index in [0.717, 1.165) is 37.2 Å². The number of hydrogen-bond acceptors (Lipinski definition) is 4. The molecular weight excluding hydrogens is 316 g/mol. The number of benzene rings is 1. The van der Waals surface area contributed by atoms with Crippen LogP contribution in [0.3, 0.4) is 0 Å². The molecule has 132 valence electrons. The van der Waals surface area contributed by atoms with Crippen LogP contribution in [0.2, 0.25) is 0 Å². The maximum Gasteiger partial charge on any atom is 0.269 e. The van der Waals surface area contributed by atoms with Gasteiger partial charge in [-0.15, -0.1) is 0 Å². The number of amides is 1. The molecule has 6 nitrogen and oxygen atoms in total. The van der Waals surface area contributed by atoms with Gasteiger partial charge in [-0.2, -0.15) is 5.10 Å². The van der Waals surface area contributed by atoms with Crippen LogP contribution in [0, 0.1) is 6.92 Å². The van der Waals surface area contributed by atoms with Gasteiger partial charge in [0.2, 0.25) is 5.91 Å². The number of carbonyl (C=O) groups is 1. The fraction of sp³-hybridized carbons (Fsp3) is 0.421. The summed E-state index contributed by atoms with van der Waals surface area (Å²) in [7, 11) is 0. The quantitative estimate of drug-likeness (QED) is 0.904. The monoisotopic (exact) mass is 340 g/mol. The molecule has 1 unspecified atom stereocenters. The lowest BCUT2D eigenvalue weighted by Crippen LogP contribution is -2.35. The molecule has 2 heterocycles. The summed E-state index contributed by atoms with van der Waals surface area (Å²) < 4.78 is 1.21. The first-order valence-corrected chi connectivity index (χ1v) is 8.71. The fourth-order valence-corrected chi connectivity index (χ4v) is 3.05. The molecule has 0 aliphatic carbocycles. The Balaban J connectivity index is 1.62. The number of nitrogens with zero attached hydrogens (tertiary/aromatic N) is 3. The second-order valence-electron chi connectivity index (χ2n) is 6.60. The average molecular weight is 340 g/mol. The highest BCUT2D eigenvalue weighted by atomic mass is 16.2. The topological polar surface area (TPSA) is 67.2 Å². The van der Waals surface area contributed by atoms with Gasteiger partial charge in [-0.3, -0.25) is 9.59 Å². The molecule has 1 fully saturated rings. The zero-order valence-corrected chi connectivity index (χ0v) is 14.7. The molecule has 0 spiro atoms. The minimum atomic E-state index is -0.248. The van der Waals surface area contributed by atoms with E-state index in [9.17, 15) is 9.59 Å². The van der Waals surface area contributed by atoms with E-state index in [1.165, 1.54) is 10.2 Å². The molecule has 1 aliphatic heterocycles. The van der Waals surface area contributed by atoms with E-state index >= 15 is 0 Å². The predicted molar refractivity (Wildman–Crippen MR) is 97.7 cm³/mol. The number of hydrogen-bond donors (Lipinski definition) is 1. The van der Waals surface area contributed by atoms with E-state index < -0.39 is 0 Å². The van der Waals surface area contributed by atoms with Gasteiger partial charge in [-0.25, -0.2) is 4.68 Å². The molecular formula is C19H24N4O2. The van der Waals surface area contributed by atoms with Crippen LogP contribution in [0.4, 0.5) is 5.69 Å². The summed E-state index contributed by atoms with van der Waals surface area (Å²) in [6.07, 6.45) is 3.95. The van der Waals surface area contributed by atoms with Gasteiger partial charge in [0.15, 0.2) is 0 Å². The summed E-state index contributed by atoms with van der Waals surface area (Å²) in [5, 5.41) is 7.07. The van der Waals surface area contributed by atoms with Gasteiger partial charge in [-0.05, 0) is 32.3 Å². The van der Waals surface area contributed by atoms with Crippen molar-refractivity contribution in [2.75, 3.05) is 18.0 Å². The molecule has 1 aromatic carbocycles. The fourth-order valence-electron chi connectivity index (χ4n) is 3.05. The van der Waals surface area contributed by atoms with E-state index in [1.807, 2.05) is 38.1 Å². The van der Waals surface area contributed by atoms with E-state index in [1.54, 1.807) is 12.3 Å². The van der Waals surface area contributed by atoms with Crippen LogP contribution in [0.15, 0.2) is 41.3 Å². The van der Waals surface area contributed by atoms with Gasteiger partial charge >= 0.3 is 0 Å². The van der Waals surface area contributed by atoms with Gasteiger partial charge < -0.3 is 10.2 Å². The molecule has 1 aromatic heterocycles. The van der Waals surface area contributed by atoms with Crippen molar-refractivity contribution in [2.24, 2.45) is 0 Å². The van der Waals surface area contributed by atoms with Crippen molar-refractivity contribution in [1.82, 2.24) is 15.1 Å². The largest absolute Gasteiger partial charge is 0.370 e. The summed E-state index contributed by atoms with van der Waals surface area (Å²) in [5.74, 6) is -0.225. The molecule has 1 amide bonds. The number of rotatable bonds is 5. The van der Waals surface area contributed by atoms with Gasteiger partial charge in [-0.1, -0.05) is 29.8 Å². The van der Waals surface area contributed by atoms with Crippen LogP contribution < -0.4 is 15.8 Å². The standard InChI is InChI=1S/C19H24N4O2/c1-14-5-7-16(8-6-14)15(2)21-18(24)13-23-19(25)11-17(12-20-23)22-9-3-4-10-22/h5-8,11-12,15H,3-4,9-10,13H2,1-2H3,(H,21,24). The Morgan fingerprint density at radius 2 is 1.92 bits per heavy atom. The molecule has 0 radical (unpaired) electrons. The smallest absolute Gasteiger partial charge is 0.269 e. The van der Waals surface area contributed by atoms with Crippen molar-refractivity contribution >= 4 is 11.6 Å². The lowest BCUT2D eigenvalue weighted by molar-refractivity contribution is -0.122. The normalized spacial score (nSPS) is 15.2. The van der Waals surface area contributed by atoms with E-state index in [0.29, 0.717) is 0 Å². The van der Waals surface area contributed by atoms with Gasteiger partial charge in [0.25, 0.3) is 5.56 Å². The molecule has 25 heavy (non-hydrogen) atoms. The predicted octanol–water partition coefficient (Wildman–Crippen LogP) is 2.03. The summed E-state index contributed by atoms with van der Waals surface area (Å²) in [5.41, 5.74) is 2.80. The number of aromatic nitrogens is 2. The maximum atomic E-state index is 12.2. The van der Waals surface area contributed by atoms with Crippen LogP contribution >= 0.6 is 0 Å². The van der Waals surface area contributed by atoms with Crippen LogP contribution in [0.5, 0.6) is 0 Å². The molecule has 0 bridgehead atoms. The highest BCUT2D eigenvalue weighted by molar-refractivity contribution is 5.76. The van der Waals surface area contributed by atoms with Crippen molar-refractivity contribution in [3.05, 3.63) is 58.0 Å². The summed E-state index contributed by atoms with van der Waals surface area (Å²) in [4.78, 5) is 26.6. The van der Waals surface area contributed by atoms with Gasteiger partial charge in [0.1, 0.15) is 6.54 Å². The lowest BCUT2D eigenvalue weighted by atomic mass is 10.1. The molecule has 1 atom stereocenters. The lowest BCUT2D eigenvalue weighted by Gasteiger charge is -2.17. The van der Waals surface area contributed by atoms with Crippen molar-refractivity contribution < 1.29 is 4.79 Å². The molecule has 3 rings (SSSR count). The van der Waals surface area contributed by atoms with Crippen LogP contribution in [0.25, 0.3) is 0 Å². The Labute approximate surface area is 147 Å². The van der Waals surface area contributed by atoms with E-state index in [4.69, 9.17) is 0 Å². The summed E-state index contributed by atoms with van der Waals surface area (Å²) in [6.45, 7) is 5.79. The van der Waals surface area contributed by atoms with Crippen molar-refractivity contribution in [1.29, 1.82) is 0 Å². The summed E-state index contributed by atoms with van der Waals surface area (Å²) in [6, 6.07) is 9.47. The second-order valence-corrected chi connectivity index (χ2v) is 6.60. The number of nitrogens with one attached hydrogen (secondary N) is 1.